The minimum absolute atomic E-state index is 0.208. The monoisotopic (exact) mass is 213 g/mol. The summed E-state index contributed by atoms with van der Waals surface area (Å²) < 4.78 is 9.18. The summed E-state index contributed by atoms with van der Waals surface area (Å²) in [6, 6.07) is -1.00. The molecule has 0 aliphatic carbocycles. The molecule has 0 saturated heterocycles. The highest BCUT2D eigenvalue weighted by molar-refractivity contribution is 5.82. The van der Waals surface area contributed by atoms with Crippen molar-refractivity contribution in [2.75, 3.05) is 0 Å². The summed E-state index contributed by atoms with van der Waals surface area (Å²) in [5, 5.41) is 0. The van der Waals surface area contributed by atoms with Crippen molar-refractivity contribution in [3.63, 3.8) is 0 Å². The lowest BCUT2D eigenvalue weighted by molar-refractivity contribution is -0.145. The Morgan fingerprint density at radius 2 is 1.73 bits per heavy atom. The smallest absolute Gasteiger partial charge is 0.328 e. The third-order valence-electron chi connectivity index (χ3n) is 1.35. The second-order valence-electron chi connectivity index (χ2n) is 2.68. The Bertz CT molecular complexity index is 271. The van der Waals surface area contributed by atoms with Gasteiger partial charge in [0.2, 0.25) is 0 Å². The van der Waals surface area contributed by atoms with Gasteiger partial charge in [-0.05, 0) is 13.8 Å². The molecule has 0 aromatic carbocycles. The second-order valence-corrected chi connectivity index (χ2v) is 2.68. The van der Waals surface area contributed by atoms with Gasteiger partial charge in [0.1, 0.15) is 6.04 Å². The molecule has 0 amide bonds. The van der Waals surface area contributed by atoms with E-state index >= 15 is 0 Å². The van der Waals surface area contributed by atoms with Crippen molar-refractivity contribution >= 4 is 11.9 Å². The molecule has 0 aromatic heterocycles. The fourth-order valence-electron chi connectivity index (χ4n) is 0.677. The standard InChI is InChI=1S/C10H15NO4/c1-3-5-14-9(12)7-8(11)10(13)15-6-4-2/h3-6,8H,7,11H2,1-2H3/b5-3+,6-4+. The quantitative estimate of drug-likeness (QED) is 0.541. The van der Waals surface area contributed by atoms with Gasteiger partial charge in [-0.3, -0.25) is 4.79 Å². The summed E-state index contributed by atoms with van der Waals surface area (Å²) in [4.78, 5) is 22.1. The zero-order chi connectivity index (χ0) is 11.7. The molecule has 0 aliphatic rings. The zero-order valence-electron chi connectivity index (χ0n) is 8.80. The van der Waals surface area contributed by atoms with Gasteiger partial charge in [0.05, 0.1) is 18.9 Å². The van der Waals surface area contributed by atoms with Gasteiger partial charge in [0.25, 0.3) is 0 Å². The molecule has 0 bridgehead atoms. The topological polar surface area (TPSA) is 78.6 Å². The van der Waals surface area contributed by atoms with E-state index in [1.54, 1.807) is 26.0 Å². The van der Waals surface area contributed by atoms with Gasteiger partial charge in [-0.2, -0.15) is 0 Å². The lowest BCUT2D eigenvalue weighted by Crippen LogP contribution is -2.33. The van der Waals surface area contributed by atoms with Crippen LogP contribution in [0.1, 0.15) is 20.3 Å². The SMILES string of the molecule is C/C=C/OC(=O)CC(N)C(=O)O/C=C/C. The van der Waals surface area contributed by atoms with E-state index in [1.165, 1.54) is 12.5 Å². The Labute approximate surface area is 88.5 Å². The van der Waals surface area contributed by atoms with E-state index in [0.29, 0.717) is 0 Å². The number of hydrogen-bond acceptors (Lipinski definition) is 5. The lowest BCUT2D eigenvalue weighted by atomic mass is 10.2. The van der Waals surface area contributed by atoms with E-state index in [0.717, 1.165) is 0 Å². The zero-order valence-corrected chi connectivity index (χ0v) is 8.80. The molecular weight excluding hydrogens is 198 g/mol. The van der Waals surface area contributed by atoms with Crippen molar-refractivity contribution in [1.82, 2.24) is 0 Å². The van der Waals surface area contributed by atoms with Crippen molar-refractivity contribution < 1.29 is 19.1 Å². The number of rotatable bonds is 5. The first-order valence-corrected chi connectivity index (χ1v) is 4.49. The number of hydrogen-bond donors (Lipinski definition) is 1. The average molecular weight is 213 g/mol. The number of nitrogens with two attached hydrogens (primary N) is 1. The molecular formula is C10H15NO4. The first-order chi connectivity index (χ1) is 7.11. The maximum atomic E-state index is 11.1. The first-order valence-electron chi connectivity index (χ1n) is 4.49. The molecule has 1 unspecified atom stereocenters. The molecule has 5 nitrogen and oxygen atoms in total. The van der Waals surface area contributed by atoms with Crippen LogP contribution in [0.2, 0.25) is 0 Å². The number of allylic oxidation sites excluding steroid dienone is 2. The molecule has 0 spiro atoms. The second kappa shape index (κ2) is 7.75. The van der Waals surface area contributed by atoms with Crippen LogP contribution >= 0.6 is 0 Å². The van der Waals surface area contributed by atoms with E-state index in [4.69, 9.17) is 5.73 Å². The van der Waals surface area contributed by atoms with E-state index < -0.39 is 18.0 Å². The molecule has 15 heavy (non-hydrogen) atoms. The summed E-state index contributed by atoms with van der Waals surface area (Å²) in [7, 11) is 0. The Morgan fingerprint density at radius 3 is 2.27 bits per heavy atom. The molecule has 5 heteroatoms. The number of carbonyl (C=O) groups is 2. The molecule has 1 atom stereocenters. The van der Waals surface area contributed by atoms with E-state index in [-0.39, 0.29) is 6.42 Å². The number of ether oxygens (including phenoxy) is 2. The summed E-state index contributed by atoms with van der Waals surface area (Å²) in [5.74, 6) is -1.23. The highest BCUT2D eigenvalue weighted by Crippen LogP contribution is 1.96. The highest BCUT2D eigenvalue weighted by Gasteiger charge is 2.18. The van der Waals surface area contributed by atoms with Crippen molar-refractivity contribution in [2.45, 2.75) is 26.3 Å². The van der Waals surface area contributed by atoms with Crippen LogP contribution in [-0.2, 0) is 19.1 Å². The Hall–Kier alpha value is -1.62. The van der Waals surface area contributed by atoms with Gasteiger partial charge < -0.3 is 15.2 Å². The van der Waals surface area contributed by atoms with Gasteiger partial charge in [-0.25, -0.2) is 4.79 Å². The number of esters is 2. The Morgan fingerprint density at radius 1 is 1.20 bits per heavy atom. The van der Waals surface area contributed by atoms with E-state index in [9.17, 15) is 9.59 Å². The summed E-state index contributed by atoms with van der Waals surface area (Å²) in [6.45, 7) is 3.40. The largest absolute Gasteiger partial charge is 0.435 e. The molecule has 0 fully saturated rings. The number of carbonyl (C=O) groups excluding carboxylic acids is 2. The van der Waals surface area contributed by atoms with Crippen LogP contribution in [0.4, 0.5) is 0 Å². The molecule has 0 rings (SSSR count). The van der Waals surface area contributed by atoms with Crippen molar-refractivity contribution in [2.24, 2.45) is 5.73 Å². The van der Waals surface area contributed by atoms with Gasteiger partial charge in [-0.1, -0.05) is 12.2 Å². The molecule has 0 aliphatic heterocycles. The van der Waals surface area contributed by atoms with Crippen LogP contribution in [0, 0.1) is 0 Å². The summed E-state index contributed by atoms with van der Waals surface area (Å²) >= 11 is 0. The minimum atomic E-state index is -1.00. The molecule has 0 radical (unpaired) electrons. The normalized spacial score (nSPS) is 13.0. The maximum absolute atomic E-state index is 11.1. The van der Waals surface area contributed by atoms with Crippen LogP contribution in [0.3, 0.4) is 0 Å². The Kier molecular flexibility index (Phi) is 6.92. The average Bonchev–Trinajstić information content (AvgIpc) is 2.22. The molecule has 0 heterocycles. The lowest BCUT2D eigenvalue weighted by Gasteiger charge is -2.07. The van der Waals surface area contributed by atoms with Crippen LogP contribution in [0.5, 0.6) is 0 Å². The molecule has 84 valence electrons. The minimum Gasteiger partial charge on any atom is -0.435 e. The fraction of sp³-hybridized carbons (Fsp3) is 0.400. The maximum Gasteiger partial charge on any atom is 0.328 e. The van der Waals surface area contributed by atoms with Crippen molar-refractivity contribution in [3.8, 4) is 0 Å². The predicted octanol–water partition coefficient (Wildman–Crippen LogP) is 0.857. The Balaban J connectivity index is 3.95. The molecule has 0 aromatic rings. The van der Waals surface area contributed by atoms with Gasteiger partial charge in [0.15, 0.2) is 0 Å². The van der Waals surface area contributed by atoms with Crippen LogP contribution in [-0.4, -0.2) is 18.0 Å². The highest BCUT2D eigenvalue weighted by atomic mass is 16.5. The van der Waals surface area contributed by atoms with Gasteiger partial charge >= 0.3 is 11.9 Å². The summed E-state index contributed by atoms with van der Waals surface area (Å²) in [5.41, 5.74) is 5.40. The predicted molar refractivity (Wildman–Crippen MR) is 54.4 cm³/mol. The van der Waals surface area contributed by atoms with Gasteiger partial charge in [-0.15, -0.1) is 0 Å². The third-order valence-corrected chi connectivity index (χ3v) is 1.35. The molecule has 2 N–H and O–H groups in total. The third kappa shape index (κ3) is 6.45. The summed E-state index contributed by atoms with van der Waals surface area (Å²) in [6.07, 6.45) is 5.33. The molecule has 0 saturated carbocycles. The van der Waals surface area contributed by atoms with E-state index in [1.807, 2.05) is 0 Å². The van der Waals surface area contributed by atoms with Crippen LogP contribution in [0.25, 0.3) is 0 Å². The van der Waals surface area contributed by atoms with Gasteiger partial charge in [0, 0.05) is 0 Å². The first kappa shape index (κ1) is 13.4. The van der Waals surface area contributed by atoms with E-state index in [2.05, 4.69) is 9.47 Å². The van der Waals surface area contributed by atoms with Crippen molar-refractivity contribution in [1.29, 1.82) is 0 Å². The van der Waals surface area contributed by atoms with Crippen LogP contribution in [0.15, 0.2) is 24.7 Å². The van der Waals surface area contributed by atoms with Crippen molar-refractivity contribution in [3.05, 3.63) is 24.7 Å². The fourth-order valence-corrected chi connectivity index (χ4v) is 0.677. The van der Waals surface area contributed by atoms with Crippen LogP contribution < -0.4 is 5.73 Å².